The molecule has 2 nitrogen and oxygen atoms in total. The fourth-order valence-corrected chi connectivity index (χ4v) is 4.65. The van der Waals surface area contributed by atoms with Crippen LogP contribution in [0.15, 0.2) is 107 Å². The molecule has 0 saturated carbocycles. The topological polar surface area (TPSA) is 24.7 Å². The predicted octanol–water partition coefficient (Wildman–Crippen LogP) is 10.0. The Balaban J connectivity index is 1.56. The van der Waals surface area contributed by atoms with Crippen molar-refractivity contribution in [3.63, 3.8) is 0 Å². The molecular formula is C28H16Cl2N2. The summed E-state index contributed by atoms with van der Waals surface area (Å²) in [6.45, 7) is 0. The van der Waals surface area contributed by atoms with E-state index in [0.29, 0.717) is 15.7 Å². The Morgan fingerprint density at radius 3 is 1.72 bits per heavy atom. The zero-order valence-corrected chi connectivity index (χ0v) is 18.4. The number of hydrogen-bond donors (Lipinski definition) is 0. The number of rotatable bonds is 2. The molecule has 0 aliphatic heterocycles. The monoisotopic (exact) mass is 450 g/mol. The lowest BCUT2D eigenvalue weighted by Crippen LogP contribution is -1.81. The number of azo groups is 1. The van der Waals surface area contributed by atoms with Crippen molar-refractivity contribution in [1.29, 1.82) is 0 Å². The molecule has 0 aliphatic carbocycles. The predicted molar refractivity (Wildman–Crippen MR) is 137 cm³/mol. The van der Waals surface area contributed by atoms with Crippen molar-refractivity contribution in [2.24, 2.45) is 10.2 Å². The molecule has 0 bridgehead atoms. The first-order valence-corrected chi connectivity index (χ1v) is 11.1. The van der Waals surface area contributed by atoms with Crippen LogP contribution in [0, 0.1) is 0 Å². The van der Waals surface area contributed by atoms with Crippen LogP contribution in [0.2, 0.25) is 10.0 Å². The molecule has 0 spiro atoms. The van der Waals surface area contributed by atoms with Gasteiger partial charge in [0.25, 0.3) is 0 Å². The molecule has 4 heteroatoms. The van der Waals surface area contributed by atoms with E-state index in [2.05, 4.69) is 64.8 Å². The molecule has 0 saturated heterocycles. The Morgan fingerprint density at radius 2 is 1.03 bits per heavy atom. The van der Waals surface area contributed by atoms with Crippen molar-refractivity contribution in [2.75, 3.05) is 0 Å². The summed E-state index contributed by atoms with van der Waals surface area (Å²) in [4.78, 5) is 0. The number of fused-ring (bicyclic) bond motifs is 4. The molecule has 0 radical (unpaired) electrons. The summed E-state index contributed by atoms with van der Waals surface area (Å²) in [5, 5.41) is 18.8. The fourth-order valence-electron chi connectivity index (χ4n) is 4.25. The van der Waals surface area contributed by atoms with E-state index >= 15 is 0 Å². The Morgan fingerprint density at radius 1 is 0.469 bits per heavy atom. The summed E-state index contributed by atoms with van der Waals surface area (Å²) >= 11 is 13.1. The molecule has 0 N–H and O–H groups in total. The van der Waals surface area contributed by atoms with Gasteiger partial charge in [-0.05, 0) is 68.7 Å². The van der Waals surface area contributed by atoms with Crippen LogP contribution < -0.4 is 0 Å². The molecule has 6 rings (SSSR count). The largest absolute Gasteiger partial charge is 0.150 e. The minimum absolute atomic E-state index is 0.406. The van der Waals surface area contributed by atoms with Gasteiger partial charge in [-0.1, -0.05) is 83.9 Å². The first kappa shape index (κ1) is 19.2. The van der Waals surface area contributed by atoms with Gasteiger partial charge in [-0.3, -0.25) is 0 Å². The summed E-state index contributed by atoms with van der Waals surface area (Å²) in [7, 11) is 0. The number of hydrogen-bond acceptors (Lipinski definition) is 2. The normalized spacial score (nSPS) is 11.9. The fraction of sp³-hybridized carbons (Fsp3) is 0. The van der Waals surface area contributed by atoms with Crippen LogP contribution in [0.5, 0.6) is 0 Å². The zero-order valence-electron chi connectivity index (χ0n) is 16.9. The van der Waals surface area contributed by atoms with Crippen LogP contribution in [0.3, 0.4) is 0 Å². The van der Waals surface area contributed by atoms with Gasteiger partial charge in [0.1, 0.15) is 5.69 Å². The highest BCUT2D eigenvalue weighted by Gasteiger charge is 2.12. The highest BCUT2D eigenvalue weighted by Crippen LogP contribution is 2.42. The molecule has 6 aromatic rings. The molecule has 152 valence electrons. The van der Waals surface area contributed by atoms with E-state index in [9.17, 15) is 0 Å². The lowest BCUT2D eigenvalue weighted by Gasteiger charge is -2.09. The second-order valence-corrected chi connectivity index (χ2v) is 8.62. The van der Waals surface area contributed by atoms with Gasteiger partial charge in [-0.2, -0.15) is 0 Å². The third kappa shape index (κ3) is 3.20. The first-order chi connectivity index (χ1) is 15.7. The molecule has 6 aromatic carbocycles. The first-order valence-electron chi connectivity index (χ1n) is 10.3. The number of nitrogens with zero attached hydrogens (tertiary/aromatic N) is 2. The van der Waals surface area contributed by atoms with Gasteiger partial charge in [0, 0.05) is 10.8 Å². The summed E-state index contributed by atoms with van der Waals surface area (Å²) in [5.41, 5.74) is 1.37. The van der Waals surface area contributed by atoms with Gasteiger partial charge in [-0.15, -0.1) is 10.2 Å². The highest BCUT2D eigenvalue weighted by atomic mass is 35.5. The lowest BCUT2D eigenvalue weighted by atomic mass is 10.0. The van der Waals surface area contributed by atoms with Crippen LogP contribution in [-0.2, 0) is 0 Å². The average Bonchev–Trinajstić information content (AvgIpc) is 2.82. The average molecular weight is 451 g/mol. The van der Waals surface area contributed by atoms with Crippen molar-refractivity contribution in [3.05, 3.63) is 107 Å². The molecule has 0 aromatic heterocycles. The molecule has 0 heterocycles. The minimum Gasteiger partial charge on any atom is -0.150 e. The molecular weight excluding hydrogens is 435 g/mol. The van der Waals surface area contributed by atoms with Gasteiger partial charge >= 0.3 is 0 Å². The summed E-state index contributed by atoms with van der Waals surface area (Å²) < 4.78 is 0. The SMILES string of the molecule is Clc1cc2cc3ccccc3cc2c(N=Nc2cccc3cc4ccccc4cc23)c1Cl. The Labute approximate surface area is 194 Å². The van der Waals surface area contributed by atoms with Crippen molar-refractivity contribution in [2.45, 2.75) is 0 Å². The van der Waals surface area contributed by atoms with E-state index < -0.39 is 0 Å². The van der Waals surface area contributed by atoms with E-state index in [0.717, 1.165) is 38.0 Å². The molecule has 32 heavy (non-hydrogen) atoms. The maximum absolute atomic E-state index is 6.60. The molecule has 0 amide bonds. The van der Waals surface area contributed by atoms with E-state index in [4.69, 9.17) is 23.2 Å². The van der Waals surface area contributed by atoms with Crippen LogP contribution >= 0.6 is 23.2 Å². The van der Waals surface area contributed by atoms with Crippen LogP contribution in [0.25, 0.3) is 43.1 Å². The zero-order chi connectivity index (χ0) is 21.7. The third-order valence-electron chi connectivity index (χ3n) is 5.85. The summed E-state index contributed by atoms with van der Waals surface area (Å²) in [5.74, 6) is 0. The van der Waals surface area contributed by atoms with Crippen LogP contribution in [0.4, 0.5) is 11.4 Å². The Hall–Kier alpha value is -3.46. The second-order valence-electron chi connectivity index (χ2n) is 7.84. The van der Waals surface area contributed by atoms with Crippen molar-refractivity contribution in [3.8, 4) is 0 Å². The van der Waals surface area contributed by atoms with E-state index in [1.807, 2.05) is 42.5 Å². The van der Waals surface area contributed by atoms with E-state index in [1.54, 1.807) is 0 Å². The summed E-state index contributed by atoms with van der Waals surface area (Å²) in [6.07, 6.45) is 0. The van der Waals surface area contributed by atoms with Gasteiger partial charge < -0.3 is 0 Å². The van der Waals surface area contributed by atoms with Crippen LogP contribution in [0.1, 0.15) is 0 Å². The van der Waals surface area contributed by atoms with Gasteiger partial charge in [0.15, 0.2) is 0 Å². The van der Waals surface area contributed by atoms with Gasteiger partial charge in [-0.25, -0.2) is 0 Å². The number of benzene rings is 6. The van der Waals surface area contributed by atoms with Gasteiger partial charge in [0.05, 0.1) is 15.7 Å². The molecule has 0 unspecified atom stereocenters. The quantitative estimate of drug-likeness (QED) is 0.185. The molecule has 0 atom stereocenters. The standard InChI is InChI=1S/C28H16Cl2N2/c29-25-16-22-13-18-7-2-4-9-20(18)15-24(22)28(27(25)30)32-31-26-11-5-10-21-12-17-6-1-3-8-19(17)14-23(21)26/h1-16H. The van der Waals surface area contributed by atoms with E-state index in [1.165, 1.54) is 10.8 Å². The van der Waals surface area contributed by atoms with Crippen molar-refractivity contribution < 1.29 is 0 Å². The van der Waals surface area contributed by atoms with Crippen LogP contribution in [-0.4, -0.2) is 0 Å². The minimum atomic E-state index is 0.406. The van der Waals surface area contributed by atoms with Gasteiger partial charge in [0.2, 0.25) is 0 Å². The maximum Gasteiger partial charge on any atom is 0.114 e. The lowest BCUT2D eigenvalue weighted by molar-refractivity contribution is 1.25. The van der Waals surface area contributed by atoms with Crippen molar-refractivity contribution >= 4 is 77.7 Å². The smallest absolute Gasteiger partial charge is 0.114 e. The Kier molecular flexibility index (Phi) is 4.57. The second kappa shape index (κ2) is 7.59. The number of halogens is 2. The molecule has 0 aliphatic rings. The van der Waals surface area contributed by atoms with E-state index in [-0.39, 0.29) is 0 Å². The molecule has 0 fully saturated rings. The maximum atomic E-state index is 6.60. The summed E-state index contributed by atoms with van der Waals surface area (Å²) in [6, 6.07) is 33.0. The Bertz CT molecular complexity index is 1700. The third-order valence-corrected chi connectivity index (χ3v) is 6.63. The van der Waals surface area contributed by atoms with Crippen molar-refractivity contribution in [1.82, 2.24) is 0 Å². The highest BCUT2D eigenvalue weighted by molar-refractivity contribution is 6.45.